The van der Waals surface area contributed by atoms with Crippen LogP contribution in [-0.2, 0) is 13.6 Å². The largest absolute Gasteiger partial charge is 0.357 e. The van der Waals surface area contributed by atoms with Crippen molar-refractivity contribution in [2.45, 2.75) is 33.4 Å². The predicted molar refractivity (Wildman–Crippen MR) is 76.6 cm³/mol. The molecular weight excluding hydrogens is 220 g/mol. The van der Waals surface area contributed by atoms with Crippen molar-refractivity contribution in [1.29, 1.82) is 0 Å². The molecule has 0 aliphatic carbocycles. The van der Waals surface area contributed by atoms with E-state index in [4.69, 9.17) is 0 Å². The van der Waals surface area contributed by atoms with E-state index in [2.05, 4.69) is 74.4 Å². The highest BCUT2D eigenvalue weighted by Gasteiger charge is 2.08. The van der Waals surface area contributed by atoms with Gasteiger partial charge in [0.1, 0.15) is 0 Å². The van der Waals surface area contributed by atoms with Crippen molar-refractivity contribution in [3.8, 4) is 0 Å². The number of nitrogens with zero attached hydrogens (tertiary/aromatic N) is 1. The Bertz CT molecular complexity index is 526. The van der Waals surface area contributed by atoms with Crippen LogP contribution in [0, 0.1) is 13.8 Å². The highest BCUT2D eigenvalue weighted by molar-refractivity contribution is 5.32. The molecule has 2 aromatic rings. The van der Waals surface area contributed by atoms with E-state index in [9.17, 15) is 0 Å². The highest BCUT2D eigenvalue weighted by atomic mass is 14.9. The van der Waals surface area contributed by atoms with Crippen LogP contribution in [0.25, 0.3) is 0 Å². The van der Waals surface area contributed by atoms with E-state index >= 15 is 0 Å². The van der Waals surface area contributed by atoms with Crippen LogP contribution in [0.1, 0.15) is 35.2 Å². The molecule has 1 unspecified atom stereocenters. The summed E-state index contributed by atoms with van der Waals surface area (Å²) in [6.45, 7) is 7.46. The Morgan fingerprint density at radius 2 is 2.00 bits per heavy atom. The van der Waals surface area contributed by atoms with E-state index in [0.29, 0.717) is 6.04 Å². The van der Waals surface area contributed by atoms with Gasteiger partial charge in [-0.3, -0.25) is 0 Å². The smallest absolute Gasteiger partial charge is 0.0297 e. The number of nitrogens with one attached hydrogen (secondary N) is 1. The second-order valence-electron chi connectivity index (χ2n) is 5.15. The molecule has 1 aromatic heterocycles. The van der Waals surface area contributed by atoms with E-state index < -0.39 is 0 Å². The Labute approximate surface area is 110 Å². The topological polar surface area (TPSA) is 17.0 Å². The highest BCUT2D eigenvalue weighted by Crippen LogP contribution is 2.19. The van der Waals surface area contributed by atoms with Crippen molar-refractivity contribution in [1.82, 2.24) is 9.88 Å². The summed E-state index contributed by atoms with van der Waals surface area (Å²) in [5.74, 6) is 0. The molecular formula is C16H22N2. The summed E-state index contributed by atoms with van der Waals surface area (Å²) in [6, 6.07) is 9.18. The van der Waals surface area contributed by atoms with Crippen molar-refractivity contribution in [3.63, 3.8) is 0 Å². The Kier molecular flexibility index (Phi) is 3.87. The first kappa shape index (κ1) is 12.9. The van der Waals surface area contributed by atoms with Crippen LogP contribution in [0.5, 0.6) is 0 Å². The lowest BCUT2D eigenvalue weighted by Crippen LogP contribution is -2.18. The van der Waals surface area contributed by atoms with Crippen LogP contribution in [-0.4, -0.2) is 4.57 Å². The van der Waals surface area contributed by atoms with E-state index in [1.54, 1.807) is 0 Å². The van der Waals surface area contributed by atoms with E-state index in [1.807, 2.05) is 0 Å². The SMILES string of the molecule is Cc1ccc(C)c(C(C)NCc2ccn(C)c2)c1. The predicted octanol–water partition coefficient (Wildman–Crippen LogP) is 3.49. The fraction of sp³-hybridized carbons (Fsp3) is 0.375. The van der Waals surface area contributed by atoms with Gasteiger partial charge in [-0.25, -0.2) is 0 Å². The quantitative estimate of drug-likeness (QED) is 0.868. The van der Waals surface area contributed by atoms with Crippen molar-refractivity contribution in [3.05, 3.63) is 58.9 Å². The molecule has 0 aliphatic heterocycles. The molecule has 1 atom stereocenters. The summed E-state index contributed by atoms with van der Waals surface area (Å²) >= 11 is 0. The lowest BCUT2D eigenvalue weighted by Gasteiger charge is -2.17. The number of hydrogen-bond donors (Lipinski definition) is 1. The number of benzene rings is 1. The lowest BCUT2D eigenvalue weighted by atomic mass is 10.00. The zero-order valence-electron chi connectivity index (χ0n) is 11.7. The van der Waals surface area contributed by atoms with Gasteiger partial charge in [0.25, 0.3) is 0 Å². The van der Waals surface area contributed by atoms with Crippen LogP contribution in [0.2, 0.25) is 0 Å². The maximum atomic E-state index is 3.58. The summed E-state index contributed by atoms with van der Waals surface area (Å²) in [4.78, 5) is 0. The van der Waals surface area contributed by atoms with Crippen molar-refractivity contribution < 1.29 is 0 Å². The first-order valence-electron chi connectivity index (χ1n) is 6.47. The van der Waals surface area contributed by atoms with Crippen molar-refractivity contribution >= 4 is 0 Å². The standard InChI is InChI=1S/C16H22N2/c1-12-5-6-13(2)16(9-12)14(3)17-10-15-7-8-18(4)11-15/h5-9,11,14,17H,10H2,1-4H3. The Morgan fingerprint density at radius 1 is 1.22 bits per heavy atom. The van der Waals surface area contributed by atoms with Crippen LogP contribution in [0.15, 0.2) is 36.7 Å². The summed E-state index contributed by atoms with van der Waals surface area (Å²) in [5.41, 5.74) is 5.40. The Balaban J connectivity index is 2.03. The third kappa shape index (κ3) is 3.02. The Morgan fingerprint density at radius 3 is 2.67 bits per heavy atom. The molecule has 0 spiro atoms. The second-order valence-corrected chi connectivity index (χ2v) is 5.15. The number of hydrogen-bond acceptors (Lipinski definition) is 1. The summed E-state index contributed by atoms with van der Waals surface area (Å²) in [7, 11) is 2.05. The van der Waals surface area contributed by atoms with Gasteiger partial charge in [-0.1, -0.05) is 23.8 Å². The van der Waals surface area contributed by atoms with Gasteiger partial charge in [0.05, 0.1) is 0 Å². The van der Waals surface area contributed by atoms with Gasteiger partial charge in [0.2, 0.25) is 0 Å². The molecule has 1 aromatic carbocycles. The van der Waals surface area contributed by atoms with Crippen LogP contribution in [0.4, 0.5) is 0 Å². The van der Waals surface area contributed by atoms with Crippen molar-refractivity contribution in [2.75, 3.05) is 0 Å². The molecule has 0 saturated heterocycles. The van der Waals surface area contributed by atoms with Crippen LogP contribution in [0.3, 0.4) is 0 Å². The van der Waals surface area contributed by atoms with Gasteiger partial charge in [0.15, 0.2) is 0 Å². The minimum Gasteiger partial charge on any atom is -0.357 e. The third-order valence-electron chi connectivity index (χ3n) is 3.41. The first-order valence-corrected chi connectivity index (χ1v) is 6.47. The van der Waals surface area contributed by atoms with Gasteiger partial charge in [0, 0.05) is 32.0 Å². The van der Waals surface area contributed by atoms with Gasteiger partial charge in [-0.15, -0.1) is 0 Å². The molecule has 1 N–H and O–H groups in total. The van der Waals surface area contributed by atoms with E-state index in [0.717, 1.165) is 6.54 Å². The maximum absolute atomic E-state index is 3.58. The monoisotopic (exact) mass is 242 g/mol. The number of rotatable bonds is 4. The van der Waals surface area contributed by atoms with Gasteiger partial charge in [-0.2, -0.15) is 0 Å². The fourth-order valence-electron chi connectivity index (χ4n) is 2.27. The summed E-state index contributed by atoms with van der Waals surface area (Å²) < 4.78 is 2.08. The van der Waals surface area contributed by atoms with E-state index in [1.165, 1.54) is 22.3 Å². The molecule has 0 aliphatic rings. The normalized spacial score (nSPS) is 12.7. The molecule has 2 rings (SSSR count). The summed E-state index contributed by atoms with van der Waals surface area (Å²) in [6.07, 6.45) is 4.24. The Hall–Kier alpha value is -1.54. The molecule has 18 heavy (non-hydrogen) atoms. The minimum absolute atomic E-state index is 0.380. The fourth-order valence-corrected chi connectivity index (χ4v) is 2.27. The van der Waals surface area contributed by atoms with Gasteiger partial charge < -0.3 is 9.88 Å². The van der Waals surface area contributed by atoms with Gasteiger partial charge in [-0.05, 0) is 43.5 Å². The molecule has 0 radical (unpaired) electrons. The zero-order valence-corrected chi connectivity index (χ0v) is 11.7. The lowest BCUT2D eigenvalue weighted by molar-refractivity contribution is 0.571. The van der Waals surface area contributed by atoms with Gasteiger partial charge >= 0.3 is 0 Å². The molecule has 0 saturated carbocycles. The number of aryl methyl sites for hydroxylation is 3. The molecule has 1 heterocycles. The third-order valence-corrected chi connectivity index (χ3v) is 3.41. The molecule has 2 nitrogen and oxygen atoms in total. The van der Waals surface area contributed by atoms with Crippen LogP contribution < -0.4 is 5.32 Å². The van der Waals surface area contributed by atoms with Crippen molar-refractivity contribution in [2.24, 2.45) is 7.05 Å². The molecule has 0 amide bonds. The molecule has 2 heteroatoms. The number of aromatic nitrogens is 1. The average Bonchev–Trinajstić information content (AvgIpc) is 2.75. The van der Waals surface area contributed by atoms with Crippen LogP contribution >= 0.6 is 0 Å². The average molecular weight is 242 g/mol. The summed E-state index contributed by atoms with van der Waals surface area (Å²) in [5, 5.41) is 3.58. The maximum Gasteiger partial charge on any atom is 0.0297 e. The molecule has 96 valence electrons. The zero-order chi connectivity index (χ0) is 13.1. The molecule has 0 bridgehead atoms. The molecule has 0 fully saturated rings. The second kappa shape index (κ2) is 5.40. The minimum atomic E-state index is 0.380. The van der Waals surface area contributed by atoms with E-state index in [-0.39, 0.29) is 0 Å². The first-order chi connectivity index (χ1) is 8.56.